The zero-order valence-corrected chi connectivity index (χ0v) is 30.0. The molecule has 1 atom stereocenters. The lowest BCUT2D eigenvalue weighted by Gasteiger charge is -2.13. The molecule has 0 saturated heterocycles. The predicted molar refractivity (Wildman–Crippen MR) is 195 cm³/mol. The van der Waals surface area contributed by atoms with Crippen LogP contribution in [0.3, 0.4) is 0 Å². The lowest BCUT2D eigenvalue weighted by Crippen LogP contribution is -2.26. The number of rotatable bonds is 25. The zero-order valence-electron chi connectivity index (χ0n) is 30.0. The van der Waals surface area contributed by atoms with Crippen LogP contribution in [0.5, 0.6) is 17.2 Å². The lowest BCUT2D eigenvalue weighted by molar-refractivity contribution is -0.146. The van der Waals surface area contributed by atoms with E-state index in [2.05, 4.69) is 13.8 Å². The van der Waals surface area contributed by atoms with Gasteiger partial charge in [-0.15, -0.1) is 0 Å². The van der Waals surface area contributed by atoms with E-state index in [9.17, 15) is 14.0 Å². The largest absolute Gasteiger partial charge is 0.491 e. The van der Waals surface area contributed by atoms with E-state index in [-0.39, 0.29) is 11.3 Å². The third-order valence-electron chi connectivity index (χ3n) is 8.59. The summed E-state index contributed by atoms with van der Waals surface area (Å²) in [6.45, 7) is 7.15. The van der Waals surface area contributed by atoms with Crippen molar-refractivity contribution in [2.45, 2.75) is 130 Å². The SMILES string of the molecule is CCCCCCCCCCOc1ccc(C(=O)Oc2ccc(-c3ccc(OC(=O)[C@H](C)OCCCCCCCCCC)cc3)cc2)cc1F. The summed E-state index contributed by atoms with van der Waals surface area (Å²) in [7, 11) is 0. The second-order valence-corrected chi connectivity index (χ2v) is 12.8. The van der Waals surface area contributed by atoms with Crippen molar-refractivity contribution in [3.8, 4) is 28.4 Å². The summed E-state index contributed by atoms with van der Waals surface area (Å²) in [4.78, 5) is 25.2. The summed E-state index contributed by atoms with van der Waals surface area (Å²) in [5.41, 5.74) is 1.91. The summed E-state index contributed by atoms with van der Waals surface area (Å²) >= 11 is 0. The average molecular weight is 677 g/mol. The number of hydrogen-bond donors (Lipinski definition) is 0. The summed E-state index contributed by atoms with van der Waals surface area (Å²) in [5, 5.41) is 0. The number of ether oxygens (including phenoxy) is 4. The molecule has 7 heteroatoms. The molecule has 0 N–H and O–H groups in total. The van der Waals surface area contributed by atoms with Gasteiger partial charge < -0.3 is 18.9 Å². The highest BCUT2D eigenvalue weighted by atomic mass is 19.1. The molecule has 0 aliphatic rings. The van der Waals surface area contributed by atoms with Crippen molar-refractivity contribution in [2.75, 3.05) is 13.2 Å². The second-order valence-electron chi connectivity index (χ2n) is 12.8. The number of carbonyl (C=O) groups excluding carboxylic acids is 2. The van der Waals surface area contributed by atoms with Crippen LogP contribution in [0.1, 0.15) is 134 Å². The van der Waals surface area contributed by atoms with Gasteiger partial charge >= 0.3 is 11.9 Å². The molecule has 0 bridgehead atoms. The van der Waals surface area contributed by atoms with Crippen molar-refractivity contribution in [2.24, 2.45) is 0 Å². The quantitative estimate of drug-likeness (QED) is 0.0505. The van der Waals surface area contributed by atoms with Gasteiger partial charge in [-0.2, -0.15) is 0 Å². The van der Waals surface area contributed by atoms with Crippen LogP contribution in [0.25, 0.3) is 11.1 Å². The van der Waals surface area contributed by atoms with Gasteiger partial charge in [0.1, 0.15) is 11.5 Å². The Morgan fingerprint density at radius 1 is 0.592 bits per heavy atom. The molecule has 3 aromatic carbocycles. The smallest absolute Gasteiger partial charge is 0.343 e. The minimum absolute atomic E-state index is 0.110. The Morgan fingerprint density at radius 2 is 1.06 bits per heavy atom. The Hall–Kier alpha value is -3.71. The van der Waals surface area contributed by atoms with Crippen molar-refractivity contribution in [3.63, 3.8) is 0 Å². The molecule has 0 aliphatic heterocycles. The minimum atomic E-state index is -0.650. The van der Waals surface area contributed by atoms with Crippen LogP contribution < -0.4 is 14.2 Å². The van der Waals surface area contributed by atoms with Crippen LogP contribution in [0.2, 0.25) is 0 Å². The highest BCUT2D eigenvalue weighted by Crippen LogP contribution is 2.26. The van der Waals surface area contributed by atoms with Gasteiger partial charge in [0, 0.05) is 6.61 Å². The fraction of sp³-hybridized carbons (Fsp3) is 0.524. The highest BCUT2D eigenvalue weighted by molar-refractivity contribution is 5.91. The van der Waals surface area contributed by atoms with Crippen molar-refractivity contribution >= 4 is 11.9 Å². The topological polar surface area (TPSA) is 71.1 Å². The predicted octanol–water partition coefficient (Wildman–Crippen LogP) is 11.7. The molecule has 0 saturated carbocycles. The van der Waals surface area contributed by atoms with E-state index >= 15 is 0 Å². The minimum Gasteiger partial charge on any atom is -0.491 e. The Morgan fingerprint density at radius 3 is 1.57 bits per heavy atom. The van der Waals surface area contributed by atoms with E-state index in [4.69, 9.17) is 18.9 Å². The first-order valence-corrected chi connectivity index (χ1v) is 18.6. The molecule has 0 heterocycles. The number of esters is 2. The van der Waals surface area contributed by atoms with Gasteiger partial charge in [0.25, 0.3) is 0 Å². The molecule has 0 fully saturated rings. The molecule has 3 rings (SSSR count). The summed E-state index contributed by atoms with van der Waals surface area (Å²) in [5.74, 6) is -0.724. The first-order valence-electron chi connectivity index (χ1n) is 18.6. The monoisotopic (exact) mass is 676 g/mol. The van der Waals surface area contributed by atoms with Gasteiger partial charge in [-0.25, -0.2) is 14.0 Å². The van der Waals surface area contributed by atoms with Crippen LogP contribution in [0, 0.1) is 5.82 Å². The van der Waals surface area contributed by atoms with E-state index in [0.29, 0.717) is 24.7 Å². The Bertz CT molecular complexity index is 1350. The molecule has 268 valence electrons. The maximum Gasteiger partial charge on any atom is 0.343 e. The highest BCUT2D eigenvalue weighted by Gasteiger charge is 2.16. The third-order valence-corrected chi connectivity index (χ3v) is 8.59. The van der Waals surface area contributed by atoms with Crippen molar-refractivity contribution < 1.29 is 32.9 Å². The molecule has 0 amide bonds. The normalized spacial score (nSPS) is 11.7. The number of unbranched alkanes of at least 4 members (excludes halogenated alkanes) is 14. The van der Waals surface area contributed by atoms with E-state index < -0.39 is 23.9 Å². The van der Waals surface area contributed by atoms with Crippen LogP contribution in [-0.2, 0) is 9.53 Å². The molecule has 3 aromatic rings. The van der Waals surface area contributed by atoms with Crippen LogP contribution in [0.15, 0.2) is 66.7 Å². The van der Waals surface area contributed by atoms with Gasteiger partial charge in [-0.05, 0) is 73.4 Å². The molecular weight excluding hydrogens is 619 g/mol. The Balaban J connectivity index is 1.37. The summed E-state index contributed by atoms with van der Waals surface area (Å²) in [6, 6.07) is 18.4. The van der Waals surface area contributed by atoms with Gasteiger partial charge in [0.2, 0.25) is 0 Å². The van der Waals surface area contributed by atoms with E-state index in [1.807, 2.05) is 24.3 Å². The van der Waals surface area contributed by atoms with Crippen molar-refractivity contribution in [3.05, 3.63) is 78.1 Å². The van der Waals surface area contributed by atoms with E-state index in [1.54, 1.807) is 31.2 Å². The van der Waals surface area contributed by atoms with Crippen molar-refractivity contribution in [1.29, 1.82) is 0 Å². The molecule has 49 heavy (non-hydrogen) atoms. The Labute approximate surface area is 293 Å². The lowest BCUT2D eigenvalue weighted by atomic mass is 10.1. The van der Waals surface area contributed by atoms with Gasteiger partial charge in [-0.3, -0.25) is 0 Å². The number of halogens is 1. The first-order chi connectivity index (χ1) is 23.9. The van der Waals surface area contributed by atoms with Gasteiger partial charge in [0.15, 0.2) is 17.7 Å². The zero-order chi connectivity index (χ0) is 35.1. The van der Waals surface area contributed by atoms with Crippen LogP contribution in [0.4, 0.5) is 4.39 Å². The molecule has 0 aliphatic carbocycles. The van der Waals surface area contributed by atoms with E-state index in [0.717, 1.165) is 42.9 Å². The molecule has 0 radical (unpaired) electrons. The molecule has 6 nitrogen and oxygen atoms in total. The number of hydrogen-bond acceptors (Lipinski definition) is 6. The maximum atomic E-state index is 14.6. The number of benzene rings is 3. The fourth-order valence-corrected chi connectivity index (χ4v) is 5.52. The van der Waals surface area contributed by atoms with Gasteiger partial charge in [-0.1, -0.05) is 128 Å². The average Bonchev–Trinajstić information content (AvgIpc) is 3.11. The standard InChI is InChI=1S/C42H57FO6/c1-4-6-8-10-12-14-16-18-30-46-33(3)41(44)48-37-25-20-34(21-26-37)35-22-27-38(28-23-35)49-42(45)36-24-29-40(39(43)32-36)47-31-19-17-15-13-11-9-7-5-2/h20-29,32-33H,4-19,30-31H2,1-3H3/t33-/m0/s1. The molecule has 0 spiro atoms. The van der Waals surface area contributed by atoms with E-state index in [1.165, 1.54) is 89.2 Å². The summed E-state index contributed by atoms with van der Waals surface area (Å²) < 4.78 is 36.9. The Kier molecular flexibility index (Phi) is 19.1. The maximum absolute atomic E-state index is 14.6. The van der Waals surface area contributed by atoms with Crippen LogP contribution in [-0.4, -0.2) is 31.3 Å². The first kappa shape index (κ1) is 39.7. The summed E-state index contributed by atoms with van der Waals surface area (Å²) in [6.07, 6.45) is 18.5. The molecule has 0 aromatic heterocycles. The second kappa shape index (κ2) is 23.6. The van der Waals surface area contributed by atoms with Gasteiger partial charge in [0.05, 0.1) is 12.2 Å². The third kappa shape index (κ3) is 15.6. The molecule has 0 unspecified atom stereocenters. The molecular formula is C42H57FO6. The van der Waals surface area contributed by atoms with Crippen LogP contribution >= 0.6 is 0 Å². The fourth-order valence-electron chi connectivity index (χ4n) is 5.52. The van der Waals surface area contributed by atoms with Crippen molar-refractivity contribution in [1.82, 2.24) is 0 Å². The number of carbonyl (C=O) groups is 2.